The first-order valence-electron chi connectivity index (χ1n) is 5.38. The molecular weight excluding hydrogens is 316 g/mol. The Morgan fingerprint density at radius 3 is 3.06 bits per heavy atom. The van der Waals surface area contributed by atoms with Crippen molar-refractivity contribution >= 4 is 38.9 Å². The van der Waals surface area contributed by atoms with Crippen LogP contribution in [0.25, 0.3) is 0 Å². The number of thiophene rings is 1. The molecule has 18 heavy (non-hydrogen) atoms. The SMILES string of the molecule is CNC(=O)Cn1cc(NCc2ccc(Br)s2)cn1. The highest BCUT2D eigenvalue weighted by Crippen LogP contribution is 2.22. The first-order valence-corrected chi connectivity index (χ1v) is 6.99. The van der Waals surface area contributed by atoms with Crippen molar-refractivity contribution in [3.8, 4) is 0 Å². The number of likely N-dealkylation sites (N-methyl/N-ethyl adjacent to an activating group) is 1. The van der Waals surface area contributed by atoms with Crippen LogP contribution in [-0.4, -0.2) is 22.7 Å². The largest absolute Gasteiger partial charge is 0.378 e. The summed E-state index contributed by atoms with van der Waals surface area (Å²) in [6.45, 7) is 0.991. The third-order valence-electron chi connectivity index (χ3n) is 2.31. The fraction of sp³-hybridized carbons (Fsp3) is 0.273. The van der Waals surface area contributed by atoms with Gasteiger partial charge in [-0.1, -0.05) is 0 Å². The summed E-state index contributed by atoms with van der Waals surface area (Å²) in [4.78, 5) is 12.4. The zero-order valence-corrected chi connectivity index (χ0v) is 12.2. The van der Waals surface area contributed by atoms with Crippen molar-refractivity contribution in [1.82, 2.24) is 15.1 Å². The van der Waals surface area contributed by atoms with Gasteiger partial charge in [-0.2, -0.15) is 5.10 Å². The van der Waals surface area contributed by atoms with Crippen LogP contribution in [-0.2, 0) is 17.9 Å². The third-order valence-corrected chi connectivity index (χ3v) is 3.94. The Hall–Kier alpha value is -1.34. The van der Waals surface area contributed by atoms with Crippen LogP contribution < -0.4 is 10.6 Å². The highest BCUT2D eigenvalue weighted by molar-refractivity contribution is 9.11. The van der Waals surface area contributed by atoms with Crippen LogP contribution in [0.2, 0.25) is 0 Å². The van der Waals surface area contributed by atoms with Crippen LogP contribution in [0.4, 0.5) is 5.69 Å². The number of rotatable bonds is 5. The van der Waals surface area contributed by atoms with E-state index in [9.17, 15) is 4.79 Å². The molecule has 0 aliphatic rings. The van der Waals surface area contributed by atoms with Crippen molar-refractivity contribution in [2.24, 2.45) is 0 Å². The molecule has 0 spiro atoms. The van der Waals surface area contributed by atoms with Gasteiger partial charge in [0.25, 0.3) is 0 Å². The molecule has 0 saturated carbocycles. The van der Waals surface area contributed by atoms with Gasteiger partial charge in [-0.05, 0) is 28.1 Å². The van der Waals surface area contributed by atoms with Crippen LogP contribution in [0.5, 0.6) is 0 Å². The number of carbonyl (C=O) groups is 1. The summed E-state index contributed by atoms with van der Waals surface area (Å²) in [5, 5.41) is 9.93. The second-order valence-corrected chi connectivity index (χ2v) is 6.21. The molecule has 0 radical (unpaired) electrons. The standard InChI is InChI=1S/C11H13BrN4OS/c1-13-11(17)7-16-6-8(4-15-16)14-5-9-2-3-10(12)18-9/h2-4,6,14H,5,7H2,1H3,(H,13,17). The monoisotopic (exact) mass is 328 g/mol. The minimum Gasteiger partial charge on any atom is -0.378 e. The number of anilines is 1. The molecule has 0 saturated heterocycles. The first-order chi connectivity index (χ1) is 8.67. The molecule has 2 aromatic rings. The Balaban J connectivity index is 1.88. The van der Waals surface area contributed by atoms with Crippen LogP contribution >= 0.6 is 27.3 Å². The van der Waals surface area contributed by atoms with Crippen molar-refractivity contribution in [3.05, 3.63) is 33.2 Å². The molecule has 5 nitrogen and oxygen atoms in total. The molecule has 0 bridgehead atoms. The molecule has 1 amide bonds. The Bertz CT molecular complexity index is 537. The molecular formula is C11H13BrN4OS. The number of amides is 1. The fourth-order valence-corrected chi connectivity index (χ4v) is 2.83. The van der Waals surface area contributed by atoms with Gasteiger partial charge in [0.2, 0.25) is 5.91 Å². The van der Waals surface area contributed by atoms with Crippen LogP contribution in [0.1, 0.15) is 4.88 Å². The van der Waals surface area contributed by atoms with Gasteiger partial charge in [-0.15, -0.1) is 11.3 Å². The predicted octanol–water partition coefficient (Wildman–Crippen LogP) is 2.07. The maximum Gasteiger partial charge on any atom is 0.241 e. The van der Waals surface area contributed by atoms with E-state index in [1.54, 1.807) is 29.3 Å². The first kappa shape index (κ1) is 13.1. The summed E-state index contributed by atoms with van der Waals surface area (Å²) in [5.41, 5.74) is 0.906. The Labute approximate surface area is 117 Å². The summed E-state index contributed by atoms with van der Waals surface area (Å²) in [6.07, 6.45) is 3.53. The van der Waals surface area contributed by atoms with E-state index >= 15 is 0 Å². The van der Waals surface area contributed by atoms with Gasteiger partial charge in [0.1, 0.15) is 6.54 Å². The van der Waals surface area contributed by atoms with E-state index < -0.39 is 0 Å². The molecule has 0 aliphatic carbocycles. The van der Waals surface area contributed by atoms with Crippen molar-refractivity contribution in [1.29, 1.82) is 0 Å². The van der Waals surface area contributed by atoms with Gasteiger partial charge in [-0.3, -0.25) is 9.48 Å². The minimum atomic E-state index is -0.0631. The summed E-state index contributed by atoms with van der Waals surface area (Å²) < 4.78 is 2.72. The molecule has 2 heterocycles. The van der Waals surface area contributed by atoms with Crippen LogP contribution in [0.15, 0.2) is 28.3 Å². The van der Waals surface area contributed by atoms with E-state index in [0.717, 1.165) is 16.0 Å². The Morgan fingerprint density at radius 1 is 1.56 bits per heavy atom. The third kappa shape index (κ3) is 3.58. The van der Waals surface area contributed by atoms with Crippen LogP contribution in [0, 0.1) is 0 Å². The molecule has 2 N–H and O–H groups in total. The van der Waals surface area contributed by atoms with Crippen molar-refractivity contribution in [2.75, 3.05) is 12.4 Å². The smallest absolute Gasteiger partial charge is 0.241 e. The van der Waals surface area contributed by atoms with E-state index in [1.165, 1.54) is 4.88 Å². The highest BCUT2D eigenvalue weighted by Gasteiger charge is 2.03. The fourth-order valence-electron chi connectivity index (χ4n) is 1.40. The van der Waals surface area contributed by atoms with Gasteiger partial charge in [0, 0.05) is 24.7 Å². The summed E-state index contributed by atoms with van der Waals surface area (Å²) in [5.74, 6) is -0.0631. The number of nitrogens with zero attached hydrogens (tertiary/aromatic N) is 2. The van der Waals surface area contributed by atoms with E-state index in [0.29, 0.717) is 0 Å². The molecule has 0 atom stereocenters. The molecule has 96 valence electrons. The lowest BCUT2D eigenvalue weighted by Gasteiger charge is -2.01. The number of aromatic nitrogens is 2. The average Bonchev–Trinajstić information content (AvgIpc) is 2.96. The number of hydrogen-bond donors (Lipinski definition) is 2. The molecule has 2 aromatic heterocycles. The quantitative estimate of drug-likeness (QED) is 0.883. The molecule has 0 aromatic carbocycles. The van der Waals surface area contributed by atoms with E-state index in [-0.39, 0.29) is 12.5 Å². The van der Waals surface area contributed by atoms with E-state index in [1.807, 2.05) is 12.3 Å². The van der Waals surface area contributed by atoms with Gasteiger partial charge < -0.3 is 10.6 Å². The maximum atomic E-state index is 11.2. The second-order valence-electron chi connectivity index (χ2n) is 3.66. The minimum absolute atomic E-state index is 0.0631. The van der Waals surface area contributed by atoms with Gasteiger partial charge in [0.15, 0.2) is 0 Å². The molecule has 2 rings (SSSR count). The normalized spacial score (nSPS) is 10.3. The number of carbonyl (C=O) groups excluding carboxylic acids is 1. The summed E-state index contributed by atoms with van der Waals surface area (Å²) in [7, 11) is 1.61. The lowest BCUT2D eigenvalue weighted by atomic mass is 10.4. The second kappa shape index (κ2) is 6.01. The lowest BCUT2D eigenvalue weighted by molar-refractivity contribution is -0.121. The lowest BCUT2D eigenvalue weighted by Crippen LogP contribution is -2.23. The Morgan fingerprint density at radius 2 is 2.39 bits per heavy atom. The number of halogens is 1. The molecule has 0 aliphatic heterocycles. The van der Waals surface area contributed by atoms with Gasteiger partial charge >= 0.3 is 0 Å². The molecule has 0 fully saturated rings. The Kier molecular flexibility index (Phi) is 4.38. The van der Waals surface area contributed by atoms with E-state index in [2.05, 4.69) is 37.7 Å². The highest BCUT2D eigenvalue weighted by atomic mass is 79.9. The molecule has 7 heteroatoms. The summed E-state index contributed by atoms with van der Waals surface area (Å²) >= 11 is 5.12. The van der Waals surface area contributed by atoms with Gasteiger partial charge in [0.05, 0.1) is 15.7 Å². The number of hydrogen-bond acceptors (Lipinski definition) is 4. The zero-order chi connectivity index (χ0) is 13.0. The van der Waals surface area contributed by atoms with E-state index in [4.69, 9.17) is 0 Å². The van der Waals surface area contributed by atoms with Crippen LogP contribution in [0.3, 0.4) is 0 Å². The maximum absolute atomic E-state index is 11.2. The molecule has 0 unspecified atom stereocenters. The van der Waals surface area contributed by atoms with Crippen molar-refractivity contribution in [2.45, 2.75) is 13.1 Å². The summed E-state index contributed by atoms with van der Waals surface area (Å²) in [6, 6.07) is 4.09. The number of nitrogens with one attached hydrogen (secondary N) is 2. The van der Waals surface area contributed by atoms with Gasteiger partial charge in [-0.25, -0.2) is 0 Å². The van der Waals surface area contributed by atoms with Crippen molar-refractivity contribution in [3.63, 3.8) is 0 Å². The predicted molar refractivity (Wildman–Crippen MR) is 75.6 cm³/mol. The zero-order valence-electron chi connectivity index (χ0n) is 9.81. The average molecular weight is 329 g/mol. The van der Waals surface area contributed by atoms with Crippen molar-refractivity contribution < 1.29 is 4.79 Å². The topological polar surface area (TPSA) is 59.0 Å².